The summed E-state index contributed by atoms with van der Waals surface area (Å²) >= 11 is 0. The fourth-order valence-corrected chi connectivity index (χ4v) is 6.46. The molecule has 122 valence electrons. The Morgan fingerprint density at radius 1 is 1.13 bits per heavy atom. The van der Waals surface area contributed by atoms with E-state index in [0.717, 1.165) is 43.4 Å². The van der Waals surface area contributed by atoms with E-state index in [1.807, 2.05) is 6.92 Å². The van der Waals surface area contributed by atoms with E-state index < -0.39 is 0 Å². The van der Waals surface area contributed by atoms with Crippen molar-refractivity contribution < 1.29 is 14.4 Å². The maximum atomic E-state index is 13.4. The molecule has 4 heteroatoms. The number of hydrogen-bond acceptors (Lipinski definition) is 3. The van der Waals surface area contributed by atoms with E-state index in [9.17, 15) is 14.4 Å². The van der Waals surface area contributed by atoms with Gasteiger partial charge in [0.15, 0.2) is 11.6 Å². The van der Waals surface area contributed by atoms with Crippen molar-refractivity contribution in [3.63, 3.8) is 0 Å². The molecule has 2 saturated carbocycles. The van der Waals surface area contributed by atoms with Crippen molar-refractivity contribution in [2.75, 3.05) is 6.54 Å². The normalized spacial score (nSPS) is 48.0. The lowest BCUT2D eigenvalue weighted by Gasteiger charge is -2.50. The molecule has 3 aliphatic carbocycles. The molecular weight excluding hydrogens is 290 g/mol. The molecule has 0 aromatic carbocycles. The fourth-order valence-electron chi connectivity index (χ4n) is 6.46. The minimum atomic E-state index is -0.284. The Balaban J connectivity index is 1.80. The van der Waals surface area contributed by atoms with Crippen molar-refractivity contribution in [1.29, 1.82) is 0 Å². The quantitative estimate of drug-likeness (QED) is 0.688. The maximum Gasteiger partial charge on any atom is 0.226 e. The van der Waals surface area contributed by atoms with Gasteiger partial charge in [-0.25, -0.2) is 0 Å². The fraction of sp³-hybridized carbons (Fsp3) is 0.737. The molecule has 0 aromatic rings. The lowest BCUT2D eigenvalue weighted by molar-refractivity contribution is -0.150. The van der Waals surface area contributed by atoms with Gasteiger partial charge in [-0.1, -0.05) is 13.8 Å². The summed E-state index contributed by atoms with van der Waals surface area (Å²) < 4.78 is 0. The first-order valence-electron chi connectivity index (χ1n) is 9.07. The summed E-state index contributed by atoms with van der Waals surface area (Å²) in [5, 5.41) is 0. The van der Waals surface area contributed by atoms with Gasteiger partial charge in [-0.3, -0.25) is 14.4 Å². The third kappa shape index (κ3) is 1.42. The number of carbonyl (C=O) groups is 3. The van der Waals surface area contributed by atoms with Crippen molar-refractivity contribution in [3.8, 4) is 0 Å². The highest BCUT2D eigenvalue weighted by Gasteiger charge is 2.65. The molecule has 23 heavy (non-hydrogen) atoms. The first kappa shape index (κ1) is 13.9. The zero-order chi connectivity index (χ0) is 16.1. The molecule has 4 nitrogen and oxygen atoms in total. The largest absolute Gasteiger partial charge is 0.338 e. The van der Waals surface area contributed by atoms with Crippen molar-refractivity contribution in [3.05, 3.63) is 11.1 Å². The van der Waals surface area contributed by atoms with Crippen LogP contribution in [-0.2, 0) is 14.4 Å². The molecule has 5 aliphatic rings. The van der Waals surface area contributed by atoms with Gasteiger partial charge in [-0.05, 0) is 37.5 Å². The SMILES string of the molecule is C[C@@H]1C(=O)N2C[C@H]3CC[C@@H]4CCC(=O)C4=C4C(=O)[C@@H]1C[C@@H]2[C@]43C. The minimum absolute atomic E-state index is 0.133. The standard InChI is InChI=1S/C19H23NO3/c1-9-12-7-14-19(2)11(8-20(14)18(9)23)5-3-10-4-6-13(21)15(10)16(19)17(12)22/h9-12,14H,3-8H2,1-2H3/t9-,10+,11+,12+,14+,19+/m0/s1. The summed E-state index contributed by atoms with van der Waals surface area (Å²) in [7, 11) is 0. The third-order valence-electron chi connectivity index (χ3n) is 7.77. The van der Waals surface area contributed by atoms with Crippen LogP contribution in [0.2, 0.25) is 0 Å². The van der Waals surface area contributed by atoms with Crippen LogP contribution in [0.4, 0.5) is 0 Å². The minimum Gasteiger partial charge on any atom is -0.338 e. The predicted octanol–water partition coefficient (Wildman–Crippen LogP) is 2.13. The number of Topliss-reactive ketones (excluding diaryl/α,β-unsaturated/α-hetero) is 2. The predicted molar refractivity (Wildman–Crippen MR) is 83.4 cm³/mol. The highest BCUT2D eigenvalue weighted by atomic mass is 16.2. The number of rotatable bonds is 0. The molecule has 2 aliphatic heterocycles. The smallest absolute Gasteiger partial charge is 0.226 e. The number of hydrogen-bond donors (Lipinski definition) is 0. The summed E-state index contributed by atoms with van der Waals surface area (Å²) in [5.74, 6) is 0.699. The zero-order valence-corrected chi connectivity index (χ0v) is 13.8. The molecule has 0 aromatic heterocycles. The highest BCUT2D eigenvalue weighted by molar-refractivity contribution is 6.12. The highest BCUT2D eigenvalue weighted by Crippen LogP contribution is 2.61. The van der Waals surface area contributed by atoms with E-state index in [2.05, 4.69) is 11.8 Å². The van der Waals surface area contributed by atoms with E-state index in [-0.39, 0.29) is 40.8 Å². The molecule has 2 bridgehead atoms. The van der Waals surface area contributed by atoms with Crippen LogP contribution in [0.15, 0.2) is 11.1 Å². The average molecular weight is 313 g/mol. The van der Waals surface area contributed by atoms with Gasteiger partial charge in [0.25, 0.3) is 0 Å². The zero-order valence-electron chi connectivity index (χ0n) is 13.8. The van der Waals surface area contributed by atoms with Gasteiger partial charge >= 0.3 is 0 Å². The van der Waals surface area contributed by atoms with Crippen LogP contribution >= 0.6 is 0 Å². The molecule has 0 unspecified atom stereocenters. The van der Waals surface area contributed by atoms with Gasteiger partial charge in [0, 0.05) is 47.4 Å². The number of amides is 1. The molecule has 2 heterocycles. The maximum absolute atomic E-state index is 13.4. The Morgan fingerprint density at radius 2 is 1.91 bits per heavy atom. The average Bonchev–Trinajstić information content (AvgIpc) is 2.97. The second kappa shape index (κ2) is 4.14. The van der Waals surface area contributed by atoms with Crippen LogP contribution in [0.1, 0.15) is 46.0 Å². The number of carbonyl (C=O) groups excluding carboxylic acids is 3. The number of nitrogens with zero attached hydrogens (tertiary/aromatic N) is 1. The Kier molecular flexibility index (Phi) is 2.51. The monoisotopic (exact) mass is 313 g/mol. The van der Waals surface area contributed by atoms with Crippen molar-refractivity contribution in [2.24, 2.45) is 29.1 Å². The summed E-state index contributed by atoms with van der Waals surface area (Å²) in [6.07, 6.45) is 4.36. The summed E-state index contributed by atoms with van der Waals surface area (Å²) in [5.41, 5.74) is 1.45. The topological polar surface area (TPSA) is 54.5 Å². The number of ketones is 2. The summed E-state index contributed by atoms with van der Waals surface area (Å²) in [6, 6.07) is 0.133. The van der Waals surface area contributed by atoms with Gasteiger partial charge < -0.3 is 4.90 Å². The number of fused-ring (bicyclic) bond motifs is 2. The van der Waals surface area contributed by atoms with Gasteiger partial charge in [0.05, 0.1) is 0 Å². The Labute approximate surface area is 136 Å². The number of allylic oxidation sites excluding steroid dienone is 1. The third-order valence-corrected chi connectivity index (χ3v) is 7.77. The van der Waals surface area contributed by atoms with E-state index >= 15 is 0 Å². The molecule has 6 atom stereocenters. The Bertz CT molecular complexity index is 693. The van der Waals surface area contributed by atoms with Crippen LogP contribution in [-0.4, -0.2) is 35.0 Å². The van der Waals surface area contributed by atoms with Crippen LogP contribution in [0.3, 0.4) is 0 Å². The molecule has 5 rings (SSSR count). The van der Waals surface area contributed by atoms with Gasteiger partial charge in [0.1, 0.15) is 0 Å². The Hall–Kier alpha value is -1.45. The van der Waals surface area contributed by atoms with Gasteiger partial charge in [-0.2, -0.15) is 0 Å². The van der Waals surface area contributed by atoms with Crippen molar-refractivity contribution >= 4 is 17.5 Å². The second-order valence-electron chi connectivity index (χ2n) is 8.51. The van der Waals surface area contributed by atoms with Crippen LogP contribution in [0.5, 0.6) is 0 Å². The molecule has 2 saturated heterocycles. The van der Waals surface area contributed by atoms with Crippen LogP contribution in [0.25, 0.3) is 0 Å². The first-order chi connectivity index (χ1) is 10.9. The molecule has 1 amide bonds. The van der Waals surface area contributed by atoms with Crippen LogP contribution < -0.4 is 0 Å². The lowest BCUT2D eigenvalue weighted by Crippen LogP contribution is -2.58. The Morgan fingerprint density at radius 3 is 2.70 bits per heavy atom. The number of piperidine rings is 1. The van der Waals surface area contributed by atoms with E-state index in [4.69, 9.17) is 0 Å². The molecule has 0 radical (unpaired) electrons. The van der Waals surface area contributed by atoms with Crippen molar-refractivity contribution in [2.45, 2.75) is 52.0 Å². The van der Waals surface area contributed by atoms with Gasteiger partial charge in [-0.15, -0.1) is 0 Å². The molecule has 0 N–H and O–H groups in total. The summed E-state index contributed by atoms with van der Waals surface area (Å²) in [6.45, 7) is 4.86. The second-order valence-corrected chi connectivity index (χ2v) is 8.51. The molecule has 4 fully saturated rings. The van der Waals surface area contributed by atoms with E-state index in [1.165, 1.54) is 0 Å². The van der Waals surface area contributed by atoms with Crippen molar-refractivity contribution in [1.82, 2.24) is 4.90 Å². The van der Waals surface area contributed by atoms with Crippen LogP contribution in [0, 0.1) is 29.1 Å². The molecular formula is C19H23NO3. The lowest BCUT2D eigenvalue weighted by atomic mass is 9.56. The van der Waals surface area contributed by atoms with E-state index in [0.29, 0.717) is 18.3 Å². The first-order valence-corrected chi connectivity index (χ1v) is 9.07. The van der Waals surface area contributed by atoms with E-state index in [1.54, 1.807) is 0 Å². The molecule has 0 spiro atoms. The summed E-state index contributed by atoms with van der Waals surface area (Å²) in [4.78, 5) is 40.8. The van der Waals surface area contributed by atoms with Gasteiger partial charge in [0.2, 0.25) is 5.91 Å².